The average molecular weight is 1160 g/mol. The van der Waals surface area contributed by atoms with Gasteiger partial charge >= 0.3 is 0 Å². The van der Waals surface area contributed by atoms with Crippen LogP contribution in [0.2, 0.25) is 0 Å². The maximum absolute atomic E-state index is 14.8. The number of nitriles is 1. The van der Waals surface area contributed by atoms with Crippen LogP contribution >= 0.6 is 0 Å². The van der Waals surface area contributed by atoms with Crippen LogP contribution < -0.4 is 46.6 Å². The van der Waals surface area contributed by atoms with Gasteiger partial charge in [0.05, 0.1) is 23.5 Å². The van der Waals surface area contributed by atoms with Gasteiger partial charge in [0.25, 0.3) is 17.7 Å². The molecule has 0 unspecified atom stereocenters. The SMILES string of the molecule is C[C@@H]1[C@H](NC(=O)c2ccc(C3CC3)cc2F)CCCN1c1cnc(C#N)c(Nc2ccc(N3CCN(C)CC3)cc2)n1.C[C@@H]1[C@H](NC(=O)c2ccc(C3CC3)cc2F)CCCN1c1cnc(C(N)=O)c(Nc2ccc(N3CCN(C)CC3)cc2)n1. The van der Waals surface area contributed by atoms with Crippen LogP contribution in [0.3, 0.4) is 0 Å². The highest BCUT2D eigenvalue weighted by Crippen LogP contribution is 2.41. The fourth-order valence-electron chi connectivity index (χ4n) is 12.0. The molecule has 6 N–H and O–H groups in total. The van der Waals surface area contributed by atoms with E-state index in [1.54, 1.807) is 24.5 Å². The molecule has 6 aromatic rings. The summed E-state index contributed by atoms with van der Waals surface area (Å²) in [5.74, 6) is 0.237. The van der Waals surface area contributed by atoms with Gasteiger partial charge in [-0.3, -0.25) is 14.4 Å². The number of hydrogen-bond donors (Lipinski definition) is 5. The minimum absolute atomic E-state index is 0.0477. The molecule has 2 saturated carbocycles. The van der Waals surface area contributed by atoms with E-state index in [1.807, 2.05) is 50.2 Å². The molecule has 4 aliphatic heterocycles. The molecule has 12 rings (SSSR count). The molecule has 21 heteroatoms. The Hall–Kier alpha value is -8.48. The zero-order chi connectivity index (χ0) is 59.3. The lowest BCUT2D eigenvalue weighted by atomic mass is 9.96. The van der Waals surface area contributed by atoms with Crippen molar-refractivity contribution >= 4 is 63.7 Å². The number of aromatic nitrogens is 4. The van der Waals surface area contributed by atoms with E-state index in [0.717, 1.165) is 138 Å². The molecule has 2 aromatic heterocycles. The number of piperidine rings is 2. The lowest BCUT2D eigenvalue weighted by Gasteiger charge is -2.40. The third-order valence-corrected chi connectivity index (χ3v) is 17.6. The normalized spacial score (nSPS) is 21.0. The second-order valence-electron chi connectivity index (χ2n) is 23.6. The highest BCUT2D eigenvalue weighted by molar-refractivity contribution is 5.97. The second-order valence-corrected chi connectivity index (χ2v) is 23.6. The molecule has 0 spiro atoms. The smallest absolute Gasteiger partial charge is 0.271 e. The lowest BCUT2D eigenvalue weighted by Crippen LogP contribution is -2.54. The van der Waals surface area contributed by atoms with Crippen molar-refractivity contribution in [2.75, 3.05) is 110 Å². The lowest BCUT2D eigenvalue weighted by molar-refractivity contribution is 0.0912. The van der Waals surface area contributed by atoms with E-state index in [4.69, 9.17) is 15.7 Å². The van der Waals surface area contributed by atoms with Crippen LogP contribution in [0.5, 0.6) is 0 Å². The molecule has 6 heterocycles. The number of hydrogen-bond acceptors (Lipinski definition) is 16. The van der Waals surface area contributed by atoms with Gasteiger partial charge in [0.1, 0.15) is 29.3 Å². The Kier molecular flexibility index (Phi) is 17.7. The Balaban J connectivity index is 0.000000177. The van der Waals surface area contributed by atoms with Crippen molar-refractivity contribution in [2.45, 2.75) is 101 Å². The van der Waals surface area contributed by atoms with Crippen LogP contribution in [0.25, 0.3) is 0 Å². The molecule has 4 saturated heterocycles. The molecule has 2 aliphatic carbocycles. The monoisotopic (exact) mass is 1150 g/mol. The van der Waals surface area contributed by atoms with E-state index in [-0.39, 0.29) is 52.5 Å². The number of piperazine rings is 2. The van der Waals surface area contributed by atoms with E-state index in [0.29, 0.717) is 35.8 Å². The second kappa shape index (κ2) is 25.8. The number of carbonyl (C=O) groups is 3. The first kappa shape index (κ1) is 58.3. The minimum atomic E-state index is -0.679. The van der Waals surface area contributed by atoms with Crippen LogP contribution in [0.15, 0.2) is 97.3 Å². The number of primary amides is 1. The topological polar surface area (TPSA) is 220 Å². The minimum Gasteiger partial charge on any atom is -0.369 e. The summed E-state index contributed by atoms with van der Waals surface area (Å²) in [6, 6.07) is 27.6. The maximum atomic E-state index is 14.8. The fourth-order valence-corrected chi connectivity index (χ4v) is 12.0. The molecular formula is C64H76F2N16O3. The zero-order valence-electron chi connectivity index (χ0n) is 48.9. The van der Waals surface area contributed by atoms with Gasteiger partial charge in [-0.1, -0.05) is 12.1 Å². The fraction of sp³-hybridized carbons (Fsp3) is 0.438. The van der Waals surface area contributed by atoms with Gasteiger partial charge < -0.3 is 56.4 Å². The first-order chi connectivity index (χ1) is 41.2. The van der Waals surface area contributed by atoms with E-state index in [2.05, 4.69) is 105 Å². The number of rotatable bonds is 15. The predicted octanol–water partition coefficient (Wildman–Crippen LogP) is 8.52. The highest BCUT2D eigenvalue weighted by Gasteiger charge is 2.35. The summed E-state index contributed by atoms with van der Waals surface area (Å²) < 4.78 is 29.6. The summed E-state index contributed by atoms with van der Waals surface area (Å²) in [5, 5.41) is 22.3. The third-order valence-electron chi connectivity index (χ3n) is 17.6. The molecule has 6 fully saturated rings. The summed E-state index contributed by atoms with van der Waals surface area (Å²) in [7, 11) is 4.27. The maximum Gasteiger partial charge on any atom is 0.271 e. The Morgan fingerprint density at radius 2 is 0.988 bits per heavy atom. The molecule has 444 valence electrons. The van der Waals surface area contributed by atoms with Gasteiger partial charge in [-0.2, -0.15) is 5.26 Å². The Bertz CT molecular complexity index is 3410. The summed E-state index contributed by atoms with van der Waals surface area (Å²) in [5.41, 5.74) is 11.9. The van der Waals surface area contributed by atoms with E-state index in [9.17, 15) is 28.4 Å². The number of carbonyl (C=O) groups excluding carboxylic acids is 3. The summed E-state index contributed by atoms with van der Waals surface area (Å²) >= 11 is 0. The van der Waals surface area contributed by atoms with Crippen LogP contribution in [-0.4, -0.2) is 151 Å². The van der Waals surface area contributed by atoms with E-state index in [1.165, 1.54) is 17.8 Å². The Morgan fingerprint density at radius 1 is 0.565 bits per heavy atom. The van der Waals surface area contributed by atoms with Gasteiger partial charge in [-0.15, -0.1) is 0 Å². The van der Waals surface area contributed by atoms with Gasteiger partial charge in [0.15, 0.2) is 23.0 Å². The molecule has 85 heavy (non-hydrogen) atoms. The quantitative estimate of drug-likeness (QED) is 0.0651. The van der Waals surface area contributed by atoms with E-state index >= 15 is 0 Å². The predicted molar refractivity (Wildman–Crippen MR) is 328 cm³/mol. The van der Waals surface area contributed by atoms with E-state index < -0.39 is 29.4 Å². The number of amides is 3. The first-order valence-corrected chi connectivity index (χ1v) is 29.9. The molecule has 4 aromatic carbocycles. The zero-order valence-corrected chi connectivity index (χ0v) is 48.9. The van der Waals surface area contributed by atoms with Gasteiger partial charge in [-0.05, 0) is 175 Å². The molecular weight excluding hydrogens is 1080 g/mol. The molecule has 19 nitrogen and oxygen atoms in total. The first-order valence-electron chi connectivity index (χ1n) is 29.9. The molecule has 0 bridgehead atoms. The van der Waals surface area contributed by atoms with Crippen molar-refractivity contribution in [1.29, 1.82) is 5.26 Å². The van der Waals surface area contributed by atoms with Crippen molar-refractivity contribution < 1.29 is 23.2 Å². The standard InChI is InChI=1S/C32H39FN8O2.C32H37FN8O/c1-20-27(37-32(43)25-12-7-22(18-26(25)33)21-5-6-21)4-3-13-41(20)28-19-35-29(30(34)42)31(38-28)36-23-8-10-24(11-9-23)40-16-14-39(2)15-17-40;1-21-28(37-32(42)26-12-7-23(18-27(26)33)22-5-6-22)4-3-13-41(21)30-20-35-29(19-34)31(38-30)36-24-8-10-25(11-9-24)40-16-14-39(2)15-17-40/h7-12,18-21,27H,3-6,13-17H2,1-2H3,(H2,34,42)(H,36,38)(H,37,43);7-12,18,20-22,28H,3-6,13-17H2,1-2H3,(H,36,38)(H,37,42)/t20-,27-;21-,28-/m11/s1. The molecule has 0 radical (unpaired) electrons. The van der Waals surface area contributed by atoms with Gasteiger partial charge in [-0.25, -0.2) is 28.7 Å². The van der Waals surface area contributed by atoms with Crippen molar-refractivity contribution in [3.63, 3.8) is 0 Å². The largest absolute Gasteiger partial charge is 0.369 e. The third kappa shape index (κ3) is 13.9. The Labute approximate surface area is 496 Å². The van der Waals surface area contributed by atoms with Gasteiger partial charge in [0, 0.05) is 112 Å². The van der Waals surface area contributed by atoms with Crippen molar-refractivity contribution in [1.82, 2.24) is 40.4 Å². The number of nitrogens with two attached hydrogens (primary N) is 1. The highest BCUT2D eigenvalue weighted by atomic mass is 19.1. The molecule has 6 aliphatic rings. The number of nitrogens with one attached hydrogen (secondary N) is 4. The Morgan fingerprint density at radius 3 is 1.40 bits per heavy atom. The van der Waals surface area contributed by atoms with Crippen molar-refractivity contribution in [3.05, 3.63) is 143 Å². The molecule has 4 atom stereocenters. The number of benzene rings is 4. The van der Waals surface area contributed by atoms with Crippen LogP contribution in [0.4, 0.5) is 54.8 Å². The number of anilines is 8. The number of halogens is 2. The van der Waals surface area contributed by atoms with Crippen molar-refractivity contribution in [3.8, 4) is 6.07 Å². The number of nitrogens with zero attached hydrogens (tertiary/aromatic N) is 11. The summed E-state index contributed by atoms with van der Waals surface area (Å²) in [6.07, 6.45) is 10.6. The van der Waals surface area contributed by atoms with Crippen LogP contribution in [-0.2, 0) is 0 Å². The van der Waals surface area contributed by atoms with Gasteiger partial charge in [0.2, 0.25) is 0 Å². The van der Waals surface area contributed by atoms with Crippen LogP contribution in [0.1, 0.15) is 125 Å². The number of likely N-dealkylation sites (N-methyl/N-ethyl adjacent to an activating group) is 2. The summed E-state index contributed by atoms with van der Waals surface area (Å²) in [4.78, 5) is 70.2. The van der Waals surface area contributed by atoms with Crippen molar-refractivity contribution in [2.24, 2.45) is 5.73 Å². The summed E-state index contributed by atoms with van der Waals surface area (Å²) in [6.45, 7) is 13.5. The molecule has 3 amide bonds. The van der Waals surface area contributed by atoms with Crippen LogP contribution in [0, 0.1) is 23.0 Å². The average Bonchev–Trinajstić information content (AvgIpc) is 4.31.